The van der Waals surface area contributed by atoms with Crippen LogP contribution >= 0.6 is 11.3 Å². The van der Waals surface area contributed by atoms with Gasteiger partial charge >= 0.3 is 0 Å². The van der Waals surface area contributed by atoms with E-state index in [1.807, 2.05) is 11.8 Å². The summed E-state index contributed by atoms with van der Waals surface area (Å²) in [5.41, 5.74) is 1.16. The second kappa shape index (κ2) is 6.20. The second-order valence-electron chi connectivity index (χ2n) is 5.61. The van der Waals surface area contributed by atoms with Crippen molar-refractivity contribution in [1.82, 2.24) is 20.1 Å². The number of nitrogens with zero attached hydrogens (tertiary/aromatic N) is 3. The molecule has 0 unspecified atom stereocenters. The molecule has 0 saturated carbocycles. The highest BCUT2D eigenvalue weighted by Crippen LogP contribution is 2.14. The van der Waals surface area contributed by atoms with E-state index in [1.54, 1.807) is 11.3 Å². The maximum atomic E-state index is 12.3. The molecule has 0 aromatic carbocycles. The largest absolute Gasteiger partial charge is 0.339 e. The molecule has 110 valence electrons. The first-order chi connectivity index (χ1) is 9.72. The third-order valence-electron chi connectivity index (χ3n) is 4.09. The van der Waals surface area contributed by atoms with Gasteiger partial charge in [0.05, 0.1) is 16.7 Å². The minimum absolute atomic E-state index is 0.0720. The van der Waals surface area contributed by atoms with Gasteiger partial charge in [-0.05, 0) is 26.3 Å². The predicted octanol–water partition coefficient (Wildman–Crippen LogP) is 0.848. The van der Waals surface area contributed by atoms with Gasteiger partial charge in [-0.25, -0.2) is 4.98 Å². The van der Waals surface area contributed by atoms with Crippen LogP contribution in [0.1, 0.15) is 23.5 Å². The minimum atomic E-state index is 0.0720. The van der Waals surface area contributed by atoms with Crippen molar-refractivity contribution in [3.8, 4) is 0 Å². The Bertz CT molecular complexity index is 461. The summed E-state index contributed by atoms with van der Waals surface area (Å²) in [4.78, 5) is 21.2. The fourth-order valence-corrected chi connectivity index (χ4v) is 3.56. The first kappa shape index (κ1) is 14.0. The van der Waals surface area contributed by atoms with Gasteiger partial charge in [0.2, 0.25) is 5.91 Å². The molecule has 20 heavy (non-hydrogen) atoms. The number of amides is 1. The number of rotatable bonds is 3. The van der Waals surface area contributed by atoms with E-state index in [2.05, 4.69) is 20.6 Å². The molecule has 6 heteroatoms. The van der Waals surface area contributed by atoms with Crippen molar-refractivity contribution in [2.24, 2.45) is 0 Å². The molecule has 0 spiro atoms. The number of carbonyl (C=O) groups is 1. The molecule has 2 fully saturated rings. The Morgan fingerprint density at radius 2 is 2.25 bits per heavy atom. The molecule has 1 amide bonds. The highest BCUT2D eigenvalue weighted by atomic mass is 32.1. The van der Waals surface area contributed by atoms with Gasteiger partial charge in [0.25, 0.3) is 0 Å². The number of piperazine rings is 1. The lowest BCUT2D eigenvalue weighted by molar-refractivity contribution is -0.134. The van der Waals surface area contributed by atoms with Crippen LogP contribution in [-0.2, 0) is 11.3 Å². The molecular formula is C14H22N4OS. The summed E-state index contributed by atoms with van der Waals surface area (Å²) in [6.45, 7) is 7.54. The van der Waals surface area contributed by atoms with Crippen molar-refractivity contribution in [2.45, 2.75) is 32.4 Å². The van der Waals surface area contributed by atoms with Crippen molar-refractivity contribution >= 4 is 17.2 Å². The van der Waals surface area contributed by atoms with E-state index in [4.69, 9.17) is 0 Å². The Hall–Kier alpha value is -0.980. The van der Waals surface area contributed by atoms with E-state index < -0.39 is 0 Å². The van der Waals surface area contributed by atoms with Crippen LogP contribution < -0.4 is 5.32 Å². The molecule has 5 nitrogen and oxygen atoms in total. The fraction of sp³-hybridized carbons (Fsp3) is 0.714. The third kappa shape index (κ3) is 3.19. The fourth-order valence-electron chi connectivity index (χ4n) is 2.95. The minimum Gasteiger partial charge on any atom is -0.339 e. The van der Waals surface area contributed by atoms with E-state index in [9.17, 15) is 4.79 Å². The molecule has 0 radical (unpaired) electrons. The quantitative estimate of drug-likeness (QED) is 0.898. The van der Waals surface area contributed by atoms with Gasteiger partial charge in [-0.15, -0.1) is 11.3 Å². The molecule has 3 heterocycles. The summed E-state index contributed by atoms with van der Waals surface area (Å²) in [5.74, 6) is 0.298. The molecule has 0 bridgehead atoms. The van der Waals surface area contributed by atoms with Crippen LogP contribution in [0.25, 0.3) is 0 Å². The Balaban J connectivity index is 1.48. The summed E-state index contributed by atoms with van der Waals surface area (Å²) in [5, 5.41) is 6.55. The van der Waals surface area contributed by atoms with Crippen LogP contribution in [0.3, 0.4) is 0 Å². The molecule has 1 aromatic heterocycles. The first-order valence-electron chi connectivity index (χ1n) is 7.38. The normalized spacial score (nSPS) is 24.2. The second-order valence-corrected chi connectivity index (χ2v) is 6.67. The molecule has 3 rings (SSSR count). The van der Waals surface area contributed by atoms with E-state index in [1.165, 1.54) is 0 Å². The molecular weight excluding hydrogens is 272 g/mol. The average molecular weight is 294 g/mol. The van der Waals surface area contributed by atoms with E-state index in [0.29, 0.717) is 5.91 Å². The standard InChI is InChI=1S/C14H22N4OS/c1-11-16-12(10-20-11)9-17-5-7-18(8-6-17)14(19)13-3-2-4-15-13/h10,13,15H,2-9H2,1H3/t13-/m0/s1. The number of hydrogen-bond donors (Lipinski definition) is 1. The Morgan fingerprint density at radius 3 is 2.85 bits per heavy atom. The van der Waals surface area contributed by atoms with E-state index in [0.717, 1.165) is 62.8 Å². The van der Waals surface area contributed by atoms with Gasteiger partial charge in [0, 0.05) is 38.1 Å². The zero-order valence-electron chi connectivity index (χ0n) is 12.0. The van der Waals surface area contributed by atoms with Crippen LogP contribution in [0.5, 0.6) is 0 Å². The predicted molar refractivity (Wildman–Crippen MR) is 79.7 cm³/mol. The Morgan fingerprint density at radius 1 is 1.45 bits per heavy atom. The molecule has 2 aliphatic heterocycles. The number of carbonyl (C=O) groups excluding carboxylic acids is 1. The summed E-state index contributed by atoms with van der Waals surface area (Å²) in [6.07, 6.45) is 2.12. The zero-order chi connectivity index (χ0) is 13.9. The summed E-state index contributed by atoms with van der Waals surface area (Å²) >= 11 is 1.70. The number of aromatic nitrogens is 1. The van der Waals surface area contributed by atoms with Crippen LogP contribution in [-0.4, -0.2) is 59.5 Å². The van der Waals surface area contributed by atoms with Crippen LogP contribution in [0.15, 0.2) is 5.38 Å². The van der Waals surface area contributed by atoms with Gasteiger partial charge < -0.3 is 10.2 Å². The van der Waals surface area contributed by atoms with Gasteiger partial charge in [-0.2, -0.15) is 0 Å². The first-order valence-corrected chi connectivity index (χ1v) is 8.26. The number of hydrogen-bond acceptors (Lipinski definition) is 5. The lowest BCUT2D eigenvalue weighted by Gasteiger charge is -2.35. The molecule has 2 aliphatic rings. The van der Waals surface area contributed by atoms with Crippen LogP contribution in [0.4, 0.5) is 0 Å². The topological polar surface area (TPSA) is 48.5 Å². The van der Waals surface area contributed by atoms with Crippen molar-refractivity contribution in [3.63, 3.8) is 0 Å². The van der Waals surface area contributed by atoms with Gasteiger partial charge in [-0.1, -0.05) is 0 Å². The smallest absolute Gasteiger partial charge is 0.239 e. The van der Waals surface area contributed by atoms with E-state index in [-0.39, 0.29) is 6.04 Å². The monoisotopic (exact) mass is 294 g/mol. The molecule has 1 aromatic rings. The van der Waals surface area contributed by atoms with Crippen molar-refractivity contribution in [1.29, 1.82) is 0 Å². The highest BCUT2D eigenvalue weighted by Gasteiger charge is 2.29. The average Bonchev–Trinajstić information content (AvgIpc) is 3.11. The lowest BCUT2D eigenvalue weighted by atomic mass is 10.2. The lowest BCUT2D eigenvalue weighted by Crippen LogP contribution is -2.52. The molecule has 1 N–H and O–H groups in total. The highest BCUT2D eigenvalue weighted by molar-refractivity contribution is 7.09. The maximum Gasteiger partial charge on any atom is 0.239 e. The van der Waals surface area contributed by atoms with Gasteiger partial charge in [0.15, 0.2) is 0 Å². The van der Waals surface area contributed by atoms with Crippen LogP contribution in [0.2, 0.25) is 0 Å². The molecule has 2 saturated heterocycles. The van der Waals surface area contributed by atoms with E-state index >= 15 is 0 Å². The van der Waals surface area contributed by atoms with Crippen molar-refractivity contribution in [3.05, 3.63) is 16.1 Å². The molecule has 0 aliphatic carbocycles. The maximum absolute atomic E-state index is 12.3. The third-order valence-corrected chi connectivity index (χ3v) is 4.92. The Kier molecular flexibility index (Phi) is 4.33. The van der Waals surface area contributed by atoms with Crippen molar-refractivity contribution < 1.29 is 4.79 Å². The zero-order valence-corrected chi connectivity index (χ0v) is 12.8. The number of thiazole rings is 1. The van der Waals surface area contributed by atoms with Gasteiger partial charge in [0.1, 0.15) is 0 Å². The summed E-state index contributed by atoms with van der Waals surface area (Å²) in [6, 6.07) is 0.0720. The number of nitrogens with one attached hydrogen (secondary N) is 1. The van der Waals surface area contributed by atoms with Gasteiger partial charge in [-0.3, -0.25) is 9.69 Å². The summed E-state index contributed by atoms with van der Waals surface area (Å²) < 4.78 is 0. The Labute approximate surface area is 124 Å². The van der Waals surface area contributed by atoms with Crippen molar-refractivity contribution in [2.75, 3.05) is 32.7 Å². The SMILES string of the molecule is Cc1nc(CN2CCN(C(=O)[C@@H]3CCCN3)CC2)cs1. The summed E-state index contributed by atoms with van der Waals surface area (Å²) in [7, 11) is 0. The molecule has 1 atom stereocenters. The number of aryl methyl sites for hydroxylation is 1. The van der Waals surface area contributed by atoms with Crippen LogP contribution in [0, 0.1) is 6.92 Å².